The molecule has 0 heterocycles. The van der Waals surface area contributed by atoms with Gasteiger partial charge in [-0.1, -0.05) is 78.6 Å². The van der Waals surface area contributed by atoms with Gasteiger partial charge in [-0.3, -0.25) is 4.90 Å². The van der Waals surface area contributed by atoms with Crippen LogP contribution >= 0.6 is 0 Å². The third-order valence-electron chi connectivity index (χ3n) is 5.16. The van der Waals surface area contributed by atoms with Gasteiger partial charge in [-0.15, -0.1) is 0 Å². The van der Waals surface area contributed by atoms with E-state index >= 15 is 0 Å². The number of rotatable bonds is 6. The van der Waals surface area contributed by atoms with Gasteiger partial charge in [-0.25, -0.2) is 0 Å². The predicted molar refractivity (Wildman–Crippen MR) is 103 cm³/mol. The second-order valence-corrected chi connectivity index (χ2v) is 6.99. The minimum atomic E-state index is -0.638. The first-order chi connectivity index (χ1) is 12.8. The van der Waals surface area contributed by atoms with Crippen LogP contribution in [0.25, 0.3) is 10.4 Å². The molecular weight excluding hydrogens is 324 g/mol. The van der Waals surface area contributed by atoms with Crippen LogP contribution in [-0.2, 0) is 13.1 Å². The van der Waals surface area contributed by atoms with Gasteiger partial charge in [0.2, 0.25) is 0 Å². The summed E-state index contributed by atoms with van der Waals surface area (Å²) in [4.78, 5) is 5.29. The highest BCUT2D eigenvalue weighted by atomic mass is 16.3. The molecule has 0 aliphatic heterocycles. The van der Waals surface area contributed by atoms with Gasteiger partial charge in [0.05, 0.1) is 12.1 Å². The molecule has 3 atom stereocenters. The maximum atomic E-state index is 11.0. The SMILES string of the molecule is [N-]=[N+]=NC1CCCCC(N(Cc2ccccc2)Cc2ccccc2)C1O. The fraction of sp³-hybridized carbons (Fsp3) is 0.429. The van der Waals surface area contributed by atoms with E-state index in [-0.39, 0.29) is 12.1 Å². The molecule has 136 valence electrons. The zero-order valence-electron chi connectivity index (χ0n) is 15.0. The van der Waals surface area contributed by atoms with Crippen molar-refractivity contribution in [2.75, 3.05) is 0 Å². The molecule has 0 amide bonds. The normalized spacial score (nSPS) is 23.2. The molecule has 3 unspecified atom stereocenters. The van der Waals surface area contributed by atoms with Crippen LogP contribution in [0.5, 0.6) is 0 Å². The third-order valence-corrected chi connectivity index (χ3v) is 5.16. The van der Waals surface area contributed by atoms with Crippen LogP contribution in [0.4, 0.5) is 0 Å². The minimum absolute atomic E-state index is 0.0200. The van der Waals surface area contributed by atoms with Crippen LogP contribution in [0.1, 0.15) is 36.8 Å². The Bertz CT molecular complexity index is 674. The molecule has 2 aromatic carbocycles. The molecule has 2 aromatic rings. The maximum absolute atomic E-state index is 11.0. The summed E-state index contributed by atoms with van der Waals surface area (Å²) in [6, 6.07) is 20.3. The van der Waals surface area contributed by atoms with Gasteiger partial charge in [0.25, 0.3) is 0 Å². The van der Waals surface area contributed by atoms with Gasteiger partial charge in [0.1, 0.15) is 0 Å². The lowest BCUT2D eigenvalue weighted by Gasteiger charge is -2.36. The number of hydrogen-bond acceptors (Lipinski definition) is 3. The summed E-state index contributed by atoms with van der Waals surface area (Å²) in [6.07, 6.45) is 3.06. The quantitative estimate of drug-likeness (QED) is 0.356. The van der Waals surface area contributed by atoms with Crippen molar-refractivity contribution in [3.8, 4) is 0 Å². The highest BCUT2D eigenvalue weighted by molar-refractivity contribution is 5.17. The molecular formula is C21H26N4O. The minimum Gasteiger partial charge on any atom is -0.391 e. The molecule has 1 fully saturated rings. The Kier molecular flexibility index (Phi) is 6.67. The smallest absolute Gasteiger partial charge is 0.0780 e. The summed E-state index contributed by atoms with van der Waals surface area (Å²) in [5, 5.41) is 14.8. The van der Waals surface area contributed by atoms with Crippen LogP contribution < -0.4 is 0 Å². The van der Waals surface area contributed by atoms with E-state index in [1.807, 2.05) is 36.4 Å². The van der Waals surface area contributed by atoms with Crippen molar-refractivity contribution in [3.05, 3.63) is 82.2 Å². The predicted octanol–water partition coefficient (Wildman–Crippen LogP) is 4.67. The number of azide groups is 1. The fourth-order valence-electron chi connectivity index (χ4n) is 3.82. The van der Waals surface area contributed by atoms with Crippen LogP contribution in [0, 0.1) is 0 Å². The van der Waals surface area contributed by atoms with E-state index in [2.05, 4.69) is 39.2 Å². The second kappa shape index (κ2) is 9.39. The van der Waals surface area contributed by atoms with Crippen molar-refractivity contribution >= 4 is 0 Å². The highest BCUT2D eigenvalue weighted by Gasteiger charge is 2.33. The third kappa shape index (κ3) is 4.85. The van der Waals surface area contributed by atoms with Crippen LogP contribution in [0.3, 0.4) is 0 Å². The topological polar surface area (TPSA) is 72.2 Å². The maximum Gasteiger partial charge on any atom is 0.0780 e. The molecule has 0 bridgehead atoms. The lowest BCUT2D eigenvalue weighted by Crippen LogP contribution is -2.46. The van der Waals surface area contributed by atoms with E-state index in [0.717, 1.165) is 38.8 Å². The molecule has 0 spiro atoms. The first-order valence-corrected chi connectivity index (χ1v) is 9.32. The molecule has 0 aromatic heterocycles. The standard InChI is InChI=1S/C21H26N4O/c22-24-23-19-13-7-8-14-20(21(19)26)25(15-17-9-3-1-4-10-17)16-18-11-5-2-6-12-18/h1-6,9-12,19-21,26H,7-8,13-16H2. The van der Waals surface area contributed by atoms with Gasteiger partial charge >= 0.3 is 0 Å². The van der Waals surface area contributed by atoms with Gasteiger partial charge in [-0.2, -0.15) is 0 Å². The van der Waals surface area contributed by atoms with Crippen LogP contribution in [0.2, 0.25) is 0 Å². The van der Waals surface area contributed by atoms with Gasteiger partial charge in [-0.05, 0) is 29.5 Å². The first kappa shape index (κ1) is 18.5. The number of benzene rings is 2. The average Bonchev–Trinajstić information content (AvgIpc) is 2.85. The van der Waals surface area contributed by atoms with Crippen LogP contribution in [0.15, 0.2) is 65.8 Å². The lowest BCUT2D eigenvalue weighted by molar-refractivity contribution is 0.0248. The molecule has 5 nitrogen and oxygen atoms in total. The van der Waals surface area contributed by atoms with Crippen molar-refractivity contribution < 1.29 is 5.11 Å². The molecule has 0 saturated heterocycles. The summed E-state index contributed by atoms with van der Waals surface area (Å²) in [6.45, 7) is 1.53. The van der Waals surface area contributed by atoms with Crippen LogP contribution in [-0.4, -0.2) is 28.2 Å². The van der Waals surface area contributed by atoms with Crippen molar-refractivity contribution in [1.29, 1.82) is 0 Å². The zero-order valence-corrected chi connectivity index (χ0v) is 15.0. The average molecular weight is 350 g/mol. The Hall–Kier alpha value is -2.33. The van der Waals surface area contributed by atoms with Crippen molar-refractivity contribution in [2.45, 2.75) is 57.0 Å². The fourth-order valence-corrected chi connectivity index (χ4v) is 3.82. The molecule has 0 radical (unpaired) electrons. The van der Waals surface area contributed by atoms with E-state index in [1.165, 1.54) is 11.1 Å². The molecule has 5 heteroatoms. The summed E-state index contributed by atoms with van der Waals surface area (Å²) in [5.41, 5.74) is 11.3. The molecule has 1 saturated carbocycles. The number of nitrogens with zero attached hydrogens (tertiary/aromatic N) is 4. The second-order valence-electron chi connectivity index (χ2n) is 6.99. The van der Waals surface area contributed by atoms with Crippen molar-refractivity contribution in [1.82, 2.24) is 4.90 Å². The molecule has 1 N–H and O–H groups in total. The zero-order chi connectivity index (χ0) is 18.2. The molecule has 26 heavy (non-hydrogen) atoms. The lowest BCUT2D eigenvalue weighted by atomic mass is 9.99. The number of hydrogen-bond donors (Lipinski definition) is 1. The van der Waals surface area contributed by atoms with E-state index in [0.29, 0.717) is 0 Å². The van der Waals surface area contributed by atoms with Crippen molar-refractivity contribution in [2.24, 2.45) is 5.11 Å². The summed E-state index contributed by atoms with van der Waals surface area (Å²) in [7, 11) is 0. The van der Waals surface area contributed by atoms with E-state index in [4.69, 9.17) is 5.53 Å². The van der Waals surface area contributed by atoms with Gasteiger partial charge in [0.15, 0.2) is 0 Å². The first-order valence-electron chi connectivity index (χ1n) is 9.32. The molecule has 3 rings (SSSR count). The highest BCUT2D eigenvalue weighted by Crippen LogP contribution is 2.27. The van der Waals surface area contributed by atoms with E-state index in [9.17, 15) is 5.11 Å². The van der Waals surface area contributed by atoms with Gasteiger partial charge < -0.3 is 5.11 Å². The Morgan fingerprint density at radius 2 is 1.46 bits per heavy atom. The molecule has 1 aliphatic rings. The summed E-state index contributed by atoms with van der Waals surface area (Å²) < 4.78 is 0. The van der Waals surface area contributed by atoms with Crippen molar-refractivity contribution in [3.63, 3.8) is 0 Å². The summed E-state index contributed by atoms with van der Waals surface area (Å²) >= 11 is 0. The molecule has 1 aliphatic carbocycles. The Balaban J connectivity index is 1.86. The Morgan fingerprint density at radius 1 is 0.923 bits per heavy atom. The van der Waals surface area contributed by atoms with E-state index in [1.54, 1.807) is 0 Å². The van der Waals surface area contributed by atoms with Gasteiger partial charge in [0, 0.05) is 24.0 Å². The number of aliphatic hydroxyl groups is 1. The Labute approximate surface area is 154 Å². The number of aliphatic hydroxyl groups excluding tert-OH is 1. The summed E-state index contributed by atoms with van der Waals surface area (Å²) in [5.74, 6) is 0. The monoisotopic (exact) mass is 350 g/mol. The Morgan fingerprint density at radius 3 is 2.00 bits per heavy atom. The largest absolute Gasteiger partial charge is 0.391 e. The van der Waals surface area contributed by atoms with E-state index < -0.39 is 6.10 Å².